The zero-order chi connectivity index (χ0) is 11.1. The standard InChI is InChI=1S/C12H26O2/c1-9(2)7-13-12(11(5)6)14-8-10(3)4/h9-12H,7-8H2,1-6H3. The fourth-order valence-electron chi connectivity index (χ4n) is 1.01. The zero-order valence-corrected chi connectivity index (χ0v) is 10.5. The van der Waals surface area contributed by atoms with Gasteiger partial charge in [-0.2, -0.15) is 0 Å². The van der Waals surface area contributed by atoms with E-state index in [-0.39, 0.29) is 6.29 Å². The lowest BCUT2D eigenvalue weighted by atomic mass is 10.2. The maximum atomic E-state index is 5.69. The Bertz CT molecular complexity index is 118. The van der Waals surface area contributed by atoms with Gasteiger partial charge in [0.15, 0.2) is 6.29 Å². The Morgan fingerprint density at radius 2 is 1.07 bits per heavy atom. The number of hydrogen-bond donors (Lipinski definition) is 0. The van der Waals surface area contributed by atoms with Crippen LogP contribution in [0.15, 0.2) is 0 Å². The normalized spacial score (nSPS) is 12.4. The summed E-state index contributed by atoms with van der Waals surface area (Å²) in [4.78, 5) is 0. The third kappa shape index (κ3) is 7.34. The van der Waals surface area contributed by atoms with E-state index in [2.05, 4.69) is 41.5 Å². The minimum atomic E-state index is -0.0419. The smallest absolute Gasteiger partial charge is 0.159 e. The SMILES string of the molecule is CC(C)COC(OCC(C)C)C(C)C. The number of ether oxygens (including phenoxy) is 2. The maximum Gasteiger partial charge on any atom is 0.159 e. The summed E-state index contributed by atoms with van der Waals surface area (Å²) in [6.45, 7) is 14.4. The maximum absolute atomic E-state index is 5.69. The van der Waals surface area contributed by atoms with Crippen molar-refractivity contribution in [1.29, 1.82) is 0 Å². The Kier molecular flexibility index (Phi) is 7.20. The minimum Gasteiger partial charge on any atom is -0.352 e. The molecule has 86 valence electrons. The summed E-state index contributed by atoms with van der Waals surface area (Å²) in [6, 6.07) is 0. The number of rotatable bonds is 7. The van der Waals surface area contributed by atoms with Crippen LogP contribution in [-0.4, -0.2) is 19.5 Å². The monoisotopic (exact) mass is 202 g/mol. The zero-order valence-electron chi connectivity index (χ0n) is 10.5. The molecule has 14 heavy (non-hydrogen) atoms. The highest BCUT2D eigenvalue weighted by molar-refractivity contribution is 4.53. The largest absolute Gasteiger partial charge is 0.352 e. The van der Waals surface area contributed by atoms with Gasteiger partial charge in [-0.15, -0.1) is 0 Å². The first-order valence-electron chi connectivity index (χ1n) is 5.66. The average Bonchev–Trinajstić information content (AvgIpc) is 2.02. The van der Waals surface area contributed by atoms with Crippen molar-refractivity contribution in [2.45, 2.75) is 47.8 Å². The molecule has 0 bridgehead atoms. The van der Waals surface area contributed by atoms with E-state index in [0.717, 1.165) is 13.2 Å². The second-order valence-electron chi connectivity index (χ2n) is 5.07. The van der Waals surface area contributed by atoms with E-state index < -0.39 is 0 Å². The first-order chi connectivity index (χ1) is 6.43. The summed E-state index contributed by atoms with van der Waals surface area (Å²) in [5.41, 5.74) is 0. The van der Waals surface area contributed by atoms with Crippen LogP contribution in [-0.2, 0) is 9.47 Å². The van der Waals surface area contributed by atoms with Crippen LogP contribution in [0.3, 0.4) is 0 Å². The highest BCUT2D eigenvalue weighted by Gasteiger charge is 2.15. The Balaban J connectivity index is 3.78. The van der Waals surface area contributed by atoms with Gasteiger partial charge in [0.1, 0.15) is 0 Å². The molecule has 0 saturated carbocycles. The minimum absolute atomic E-state index is 0.0419. The summed E-state index contributed by atoms with van der Waals surface area (Å²) in [5, 5.41) is 0. The predicted molar refractivity (Wildman–Crippen MR) is 60.2 cm³/mol. The van der Waals surface area contributed by atoms with Crippen LogP contribution in [0.2, 0.25) is 0 Å². The fourth-order valence-corrected chi connectivity index (χ4v) is 1.01. The molecule has 2 heteroatoms. The molecule has 0 rings (SSSR count). The molecular formula is C12H26O2. The van der Waals surface area contributed by atoms with Gasteiger partial charge < -0.3 is 9.47 Å². The van der Waals surface area contributed by atoms with Gasteiger partial charge in [-0.25, -0.2) is 0 Å². The Morgan fingerprint density at radius 1 is 0.714 bits per heavy atom. The molecule has 0 aliphatic carbocycles. The van der Waals surface area contributed by atoms with Crippen molar-refractivity contribution in [2.75, 3.05) is 13.2 Å². The van der Waals surface area contributed by atoms with Crippen LogP contribution in [0, 0.1) is 17.8 Å². The van der Waals surface area contributed by atoms with Gasteiger partial charge in [-0.1, -0.05) is 41.5 Å². The van der Waals surface area contributed by atoms with E-state index in [0.29, 0.717) is 17.8 Å². The summed E-state index contributed by atoms with van der Waals surface area (Å²) in [7, 11) is 0. The predicted octanol–water partition coefficient (Wildman–Crippen LogP) is 3.31. The van der Waals surface area contributed by atoms with Crippen LogP contribution < -0.4 is 0 Å². The van der Waals surface area contributed by atoms with Crippen LogP contribution in [0.25, 0.3) is 0 Å². The molecule has 0 spiro atoms. The molecular weight excluding hydrogens is 176 g/mol. The highest BCUT2D eigenvalue weighted by Crippen LogP contribution is 2.11. The molecule has 2 nitrogen and oxygen atoms in total. The van der Waals surface area contributed by atoms with Gasteiger partial charge in [0, 0.05) is 5.92 Å². The van der Waals surface area contributed by atoms with Crippen LogP contribution in [0.4, 0.5) is 0 Å². The van der Waals surface area contributed by atoms with E-state index in [9.17, 15) is 0 Å². The summed E-state index contributed by atoms with van der Waals surface area (Å²) in [6.07, 6.45) is -0.0419. The van der Waals surface area contributed by atoms with Crippen molar-refractivity contribution >= 4 is 0 Å². The van der Waals surface area contributed by atoms with E-state index in [1.807, 2.05) is 0 Å². The Labute approximate surface area is 89.0 Å². The van der Waals surface area contributed by atoms with E-state index in [4.69, 9.17) is 9.47 Å². The van der Waals surface area contributed by atoms with Crippen molar-refractivity contribution < 1.29 is 9.47 Å². The molecule has 0 aliphatic rings. The van der Waals surface area contributed by atoms with Gasteiger partial charge in [0.2, 0.25) is 0 Å². The third-order valence-corrected chi connectivity index (χ3v) is 1.73. The molecule has 0 aliphatic heterocycles. The Hall–Kier alpha value is -0.0800. The summed E-state index contributed by atoms with van der Waals surface area (Å²) < 4.78 is 11.4. The second-order valence-corrected chi connectivity index (χ2v) is 5.07. The molecule has 0 atom stereocenters. The molecule has 0 fully saturated rings. The first kappa shape index (κ1) is 13.9. The molecule has 0 saturated heterocycles. The Morgan fingerprint density at radius 3 is 1.29 bits per heavy atom. The molecule has 0 heterocycles. The number of hydrogen-bond acceptors (Lipinski definition) is 2. The quantitative estimate of drug-likeness (QED) is 0.590. The van der Waals surface area contributed by atoms with Gasteiger partial charge in [0.05, 0.1) is 13.2 Å². The second kappa shape index (κ2) is 7.24. The van der Waals surface area contributed by atoms with Crippen molar-refractivity contribution in [3.05, 3.63) is 0 Å². The van der Waals surface area contributed by atoms with Crippen molar-refractivity contribution in [2.24, 2.45) is 17.8 Å². The molecule has 0 N–H and O–H groups in total. The summed E-state index contributed by atoms with van der Waals surface area (Å²) in [5.74, 6) is 1.56. The molecule has 0 aromatic rings. The lowest BCUT2D eigenvalue weighted by molar-refractivity contribution is -0.176. The molecule has 0 unspecified atom stereocenters. The van der Waals surface area contributed by atoms with Crippen LogP contribution in [0.5, 0.6) is 0 Å². The van der Waals surface area contributed by atoms with Crippen molar-refractivity contribution in [3.8, 4) is 0 Å². The van der Waals surface area contributed by atoms with E-state index in [1.165, 1.54) is 0 Å². The van der Waals surface area contributed by atoms with E-state index in [1.54, 1.807) is 0 Å². The van der Waals surface area contributed by atoms with E-state index >= 15 is 0 Å². The summed E-state index contributed by atoms with van der Waals surface area (Å²) >= 11 is 0. The lowest BCUT2D eigenvalue weighted by Gasteiger charge is -2.23. The van der Waals surface area contributed by atoms with Crippen molar-refractivity contribution in [1.82, 2.24) is 0 Å². The van der Waals surface area contributed by atoms with Gasteiger partial charge in [-0.3, -0.25) is 0 Å². The van der Waals surface area contributed by atoms with Gasteiger partial charge in [0.25, 0.3) is 0 Å². The molecule has 0 amide bonds. The van der Waals surface area contributed by atoms with Gasteiger partial charge >= 0.3 is 0 Å². The van der Waals surface area contributed by atoms with Crippen LogP contribution in [0.1, 0.15) is 41.5 Å². The van der Waals surface area contributed by atoms with Gasteiger partial charge in [-0.05, 0) is 11.8 Å². The first-order valence-corrected chi connectivity index (χ1v) is 5.66. The molecule has 0 radical (unpaired) electrons. The van der Waals surface area contributed by atoms with Crippen LogP contribution >= 0.6 is 0 Å². The topological polar surface area (TPSA) is 18.5 Å². The molecule has 0 aromatic heterocycles. The highest BCUT2D eigenvalue weighted by atomic mass is 16.7. The lowest BCUT2D eigenvalue weighted by Crippen LogP contribution is -2.26. The molecule has 0 aromatic carbocycles. The average molecular weight is 202 g/mol. The van der Waals surface area contributed by atoms with Crippen molar-refractivity contribution in [3.63, 3.8) is 0 Å². The third-order valence-electron chi connectivity index (χ3n) is 1.73. The fraction of sp³-hybridized carbons (Fsp3) is 1.00.